The number of carbonyl (C=O) groups excluding carboxylic acids is 3. The van der Waals surface area contributed by atoms with Crippen LogP contribution in [0.25, 0.3) is 0 Å². The summed E-state index contributed by atoms with van der Waals surface area (Å²) >= 11 is 0. The Hall–Kier alpha value is -3.95. The van der Waals surface area contributed by atoms with Crippen LogP contribution >= 0.6 is 0 Å². The molecule has 10 heteroatoms. The highest BCUT2D eigenvalue weighted by Crippen LogP contribution is 2.29. The van der Waals surface area contributed by atoms with E-state index in [1.54, 1.807) is 0 Å². The molecule has 0 bridgehead atoms. The topological polar surface area (TPSA) is 141 Å². The SMILES string of the molecule is O=C1c2ccccc2C(=O)N1C(=O)c1ccc([N+](=O)[O-])cc1[N+](=O)[O-]. The Morgan fingerprint density at radius 2 is 1.44 bits per heavy atom. The number of fused-ring (bicyclic) bond motifs is 1. The van der Waals surface area contributed by atoms with E-state index < -0.39 is 44.5 Å². The van der Waals surface area contributed by atoms with Crippen LogP contribution in [0.15, 0.2) is 42.5 Å². The summed E-state index contributed by atoms with van der Waals surface area (Å²) in [4.78, 5) is 57.5. The highest BCUT2D eigenvalue weighted by molar-refractivity contribution is 6.31. The molecule has 3 rings (SSSR count). The minimum absolute atomic E-state index is 0.00501. The van der Waals surface area contributed by atoms with Crippen molar-refractivity contribution in [3.8, 4) is 0 Å². The van der Waals surface area contributed by atoms with Crippen molar-refractivity contribution in [1.82, 2.24) is 4.90 Å². The molecule has 2 aromatic carbocycles. The summed E-state index contributed by atoms with van der Waals surface area (Å²) in [6, 6.07) is 8.06. The molecular formula is C15H7N3O7. The van der Waals surface area contributed by atoms with Crippen molar-refractivity contribution in [3.63, 3.8) is 0 Å². The van der Waals surface area contributed by atoms with Gasteiger partial charge in [-0.05, 0) is 18.2 Å². The minimum Gasteiger partial charge on any atom is -0.268 e. The van der Waals surface area contributed by atoms with E-state index in [0.29, 0.717) is 11.0 Å². The molecule has 1 aliphatic rings. The second kappa shape index (κ2) is 5.60. The third-order valence-electron chi connectivity index (χ3n) is 3.62. The number of nitro groups is 2. The van der Waals surface area contributed by atoms with Crippen molar-refractivity contribution in [3.05, 3.63) is 79.4 Å². The number of amides is 3. The van der Waals surface area contributed by atoms with Gasteiger partial charge in [0, 0.05) is 6.07 Å². The predicted octanol–water partition coefficient (Wildman–Crippen LogP) is 1.94. The maximum Gasteiger partial charge on any atom is 0.289 e. The molecule has 25 heavy (non-hydrogen) atoms. The first kappa shape index (κ1) is 15.9. The largest absolute Gasteiger partial charge is 0.289 e. The molecular weight excluding hydrogens is 334 g/mol. The van der Waals surface area contributed by atoms with Gasteiger partial charge in [-0.25, -0.2) is 4.90 Å². The van der Waals surface area contributed by atoms with Gasteiger partial charge in [-0.1, -0.05) is 12.1 Å². The molecule has 2 aromatic rings. The Balaban J connectivity index is 2.08. The Kier molecular flexibility index (Phi) is 3.57. The monoisotopic (exact) mass is 341 g/mol. The van der Waals surface area contributed by atoms with Crippen LogP contribution in [-0.4, -0.2) is 32.5 Å². The van der Waals surface area contributed by atoms with E-state index in [1.807, 2.05) is 0 Å². The number of carbonyl (C=O) groups is 3. The second-order valence-corrected chi connectivity index (χ2v) is 5.01. The van der Waals surface area contributed by atoms with Gasteiger partial charge in [-0.15, -0.1) is 0 Å². The Labute approximate surface area is 138 Å². The molecule has 0 unspecified atom stereocenters. The molecule has 0 fully saturated rings. The number of benzene rings is 2. The maximum absolute atomic E-state index is 12.6. The normalized spacial score (nSPS) is 12.9. The summed E-state index contributed by atoms with van der Waals surface area (Å²) in [5.41, 5.74) is -2.04. The molecule has 10 nitrogen and oxygen atoms in total. The smallest absolute Gasteiger partial charge is 0.268 e. The Bertz CT molecular complexity index is 948. The fourth-order valence-electron chi connectivity index (χ4n) is 2.46. The van der Waals surface area contributed by atoms with Gasteiger partial charge < -0.3 is 0 Å². The summed E-state index contributed by atoms with van der Waals surface area (Å²) in [6.45, 7) is 0. The van der Waals surface area contributed by atoms with Crippen LogP contribution in [0.5, 0.6) is 0 Å². The van der Waals surface area contributed by atoms with E-state index in [4.69, 9.17) is 0 Å². The number of rotatable bonds is 3. The summed E-state index contributed by atoms with van der Waals surface area (Å²) in [6.07, 6.45) is 0. The molecule has 124 valence electrons. The van der Waals surface area contributed by atoms with E-state index >= 15 is 0 Å². The molecule has 0 aromatic heterocycles. The molecule has 0 N–H and O–H groups in total. The number of hydrogen-bond acceptors (Lipinski definition) is 7. The quantitative estimate of drug-likeness (QED) is 0.472. The lowest BCUT2D eigenvalue weighted by Gasteiger charge is -2.11. The van der Waals surface area contributed by atoms with Gasteiger partial charge in [0.25, 0.3) is 29.1 Å². The van der Waals surface area contributed by atoms with Crippen LogP contribution in [0.2, 0.25) is 0 Å². The zero-order valence-electron chi connectivity index (χ0n) is 12.2. The van der Waals surface area contributed by atoms with Crippen LogP contribution in [0.1, 0.15) is 31.1 Å². The van der Waals surface area contributed by atoms with E-state index in [2.05, 4.69) is 0 Å². The molecule has 3 amide bonds. The van der Waals surface area contributed by atoms with Crippen LogP contribution in [-0.2, 0) is 0 Å². The summed E-state index contributed by atoms with van der Waals surface area (Å²) in [7, 11) is 0. The average molecular weight is 341 g/mol. The summed E-state index contributed by atoms with van der Waals surface area (Å²) < 4.78 is 0. The first-order chi connectivity index (χ1) is 11.8. The number of non-ortho nitro benzene ring substituents is 1. The number of nitrogens with zero attached hydrogens (tertiary/aromatic N) is 3. The second-order valence-electron chi connectivity index (χ2n) is 5.01. The fourth-order valence-corrected chi connectivity index (χ4v) is 2.46. The van der Waals surface area contributed by atoms with Gasteiger partial charge in [-0.2, -0.15) is 0 Å². The molecule has 0 saturated heterocycles. The van der Waals surface area contributed by atoms with Crippen molar-refractivity contribution in [2.75, 3.05) is 0 Å². The number of nitro benzene ring substituents is 2. The summed E-state index contributed by atoms with van der Waals surface area (Å²) in [5.74, 6) is -3.02. The van der Waals surface area contributed by atoms with Crippen LogP contribution in [0.3, 0.4) is 0 Å². The Morgan fingerprint density at radius 3 is 1.92 bits per heavy atom. The standard InChI is InChI=1S/C15H7N3O7/c19-13-9-3-1-2-4-10(9)14(20)16(13)15(21)11-6-5-8(17(22)23)7-12(11)18(24)25/h1-7H. The Morgan fingerprint density at radius 1 is 0.880 bits per heavy atom. The zero-order valence-corrected chi connectivity index (χ0v) is 12.2. The third-order valence-corrected chi connectivity index (χ3v) is 3.62. The van der Waals surface area contributed by atoms with Crippen molar-refractivity contribution in [1.29, 1.82) is 0 Å². The highest BCUT2D eigenvalue weighted by atomic mass is 16.6. The molecule has 0 aliphatic carbocycles. The predicted molar refractivity (Wildman–Crippen MR) is 81.0 cm³/mol. The molecule has 1 aliphatic heterocycles. The van der Waals surface area contributed by atoms with Gasteiger partial charge in [0.05, 0.1) is 27.0 Å². The van der Waals surface area contributed by atoms with Gasteiger partial charge >= 0.3 is 0 Å². The number of hydrogen-bond donors (Lipinski definition) is 0. The molecule has 0 saturated carbocycles. The van der Waals surface area contributed by atoms with Crippen molar-refractivity contribution in [2.24, 2.45) is 0 Å². The van der Waals surface area contributed by atoms with Crippen molar-refractivity contribution < 1.29 is 24.2 Å². The first-order valence-corrected chi connectivity index (χ1v) is 6.78. The van der Waals surface area contributed by atoms with Crippen LogP contribution < -0.4 is 0 Å². The average Bonchev–Trinajstić information content (AvgIpc) is 2.85. The van der Waals surface area contributed by atoms with Gasteiger partial charge in [-0.3, -0.25) is 34.6 Å². The van der Waals surface area contributed by atoms with Gasteiger partial charge in [0.2, 0.25) is 0 Å². The van der Waals surface area contributed by atoms with Crippen LogP contribution in [0, 0.1) is 20.2 Å². The van der Waals surface area contributed by atoms with E-state index in [1.165, 1.54) is 24.3 Å². The molecule has 0 spiro atoms. The van der Waals surface area contributed by atoms with Crippen LogP contribution in [0.4, 0.5) is 11.4 Å². The van der Waals surface area contributed by atoms with E-state index in [-0.39, 0.29) is 11.1 Å². The van der Waals surface area contributed by atoms with E-state index in [9.17, 15) is 34.6 Å². The van der Waals surface area contributed by atoms with Crippen molar-refractivity contribution in [2.45, 2.75) is 0 Å². The van der Waals surface area contributed by atoms with Crippen molar-refractivity contribution >= 4 is 29.1 Å². The molecule has 1 heterocycles. The highest BCUT2D eigenvalue weighted by Gasteiger charge is 2.42. The first-order valence-electron chi connectivity index (χ1n) is 6.78. The third kappa shape index (κ3) is 2.41. The lowest BCUT2D eigenvalue weighted by atomic mass is 10.1. The lowest BCUT2D eigenvalue weighted by molar-refractivity contribution is -0.394. The minimum atomic E-state index is -1.22. The maximum atomic E-state index is 12.6. The molecule has 0 atom stereocenters. The summed E-state index contributed by atoms with van der Waals surface area (Å²) in [5, 5.41) is 21.9. The zero-order chi connectivity index (χ0) is 18.3. The van der Waals surface area contributed by atoms with Gasteiger partial charge in [0.1, 0.15) is 5.56 Å². The number of imide groups is 3. The molecule has 0 radical (unpaired) electrons. The van der Waals surface area contributed by atoms with E-state index in [0.717, 1.165) is 12.1 Å². The fraction of sp³-hybridized carbons (Fsp3) is 0. The lowest BCUT2D eigenvalue weighted by Crippen LogP contribution is -2.36. The van der Waals surface area contributed by atoms with Gasteiger partial charge in [0.15, 0.2) is 0 Å².